The molecule has 1 fully saturated rings. The minimum Gasteiger partial charge on any atom is -0.444 e. The molecule has 0 radical (unpaired) electrons. The van der Waals surface area contributed by atoms with Gasteiger partial charge in [-0.1, -0.05) is 0 Å². The Morgan fingerprint density at radius 2 is 2.00 bits per heavy atom. The summed E-state index contributed by atoms with van der Waals surface area (Å²) in [5.41, 5.74) is 2.80. The monoisotopic (exact) mass is 346 g/mol. The normalized spacial score (nSPS) is 19.4. The Morgan fingerprint density at radius 1 is 1.28 bits per heavy atom. The highest BCUT2D eigenvalue weighted by molar-refractivity contribution is 5.68. The van der Waals surface area contributed by atoms with E-state index >= 15 is 0 Å². The minimum absolute atomic E-state index is 0.244. The SMILES string of the molecule is CN1CCC(Nc2cnc3c(c2)CN(C(=O)OC(C)(C)C)CC3)CC1. The van der Waals surface area contributed by atoms with Crippen molar-refractivity contribution in [3.63, 3.8) is 0 Å². The first kappa shape index (κ1) is 18.0. The summed E-state index contributed by atoms with van der Waals surface area (Å²) in [6, 6.07) is 2.65. The molecule has 1 saturated heterocycles. The fourth-order valence-corrected chi connectivity index (χ4v) is 3.38. The van der Waals surface area contributed by atoms with Crippen LogP contribution in [0.1, 0.15) is 44.9 Å². The predicted octanol–water partition coefficient (Wildman–Crippen LogP) is 2.88. The molecule has 6 nitrogen and oxygen atoms in total. The minimum atomic E-state index is -0.465. The molecular weight excluding hydrogens is 316 g/mol. The molecule has 2 aliphatic rings. The van der Waals surface area contributed by atoms with E-state index in [4.69, 9.17) is 4.74 Å². The molecule has 3 heterocycles. The third-order valence-electron chi connectivity index (χ3n) is 4.78. The number of piperidine rings is 1. The average molecular weight is 346 g/mol. The molecule has 2 aliphatic heterocycles. The molecule has 138 valence electrons. The zero-order chi connectivity index (χ0) is 18.0. The van der Waals surface area contributed by atoms with Crippen LogP contribution >= 0.6 is 0 Å². The van der Waals surface area contributed by atoms with Gasteiger partial charge in [0, 0.05) is 24.7 Å². The molecule has 0 bridgehead atoms. The van der Waals surface area contributed by atoms with Gasteiger partial charge in [-0.3, -0.25) is 4.98 Å². The fourth-order valence-electron chi connectivity index (χ4n) is 3.38. The molecule has 0 aliphatic carbocycles. The molecule has 1 amide bonds. The first-order valence-corrected chi connectivity index (χ1v) is 9.21. The van der Waals surface area contributed by atoms with Crippen molar-refractivity contribution in [1.82, 2.24) is 14.8 Å². The molecule has 0 unspecified atom stereocenters. The van der Waals surface area contributed by atoms with Gasteiger partial charge in [-0.05, 0) is 65.4 Å². The number of carbonyl (C=O) groups is 1. The van der Waals surface area contributed by atoms with Crippen LogP contribution in [0.3, 0.4) is 0 Å². The van der Waals surface area contributed by atoms with Crippen LogP contribution in [0, 0.1) is 0 Å². The number of nitrogens with zero attached hydrogens (tertiary/aromatic N) is 3. The van der Waals surface area contributed by atoms with Gasteiger partial charge in [0.05, 0.1) is 18.4 Å². The number of carbonyl (C=O) groups excluding carboxylic acids is 1. The summed E-state index contributed by atoms with van der Waals surface area (Å²) in [4.78, 5) is 21.1. The number of hydrogen-bond donors (Lipinski definition) is 1. The van der Waals surface area contributed by atoms with Crippen molar-refractivity contribution < 1.29 is 9.53 Å². The van der Waals surface area contributed by atoms with Gasteiger partial charge in [-0.2, -0.15) is 0 Å². The Balaban J connectivity index is 1.64. The summed E-state index contributed by atoms with van der Waals surface area (Å²) in [6.07, 6.45) is 4.77. The van der Waals surface area contributed by atoms with E-state index in [1.54, 1.807) is 4.90 Å². The number of likely N-dealkylation sites (tertiary alicyclic amines) is 1. The first-order chi connectivity index (χ1) is 11.8. The third kappa shape index (κ3) is 4.84. The predicted molar refractivity (Wildman–Crippen MR) is 98.7 cm³/mol. The number of amides is 1. The van der Waals surface area contributed by atoms with Crippen molar-refractivity contribution in [3.8, 4) is 0 Å². The second kappa shape index (κ2) is 7.20. The summed E-state index contributed by atoms with van der Waals surface area (Å²) < 4.78 is 5.50. The van der Waals surface area contributed by atoms with Gasteiger partial charge in [0.1, 0.15) is 5.60 Å². The smallest absolute Gasteiger partial charge is 0.410 e. The van der Waals surface area contributed by atoms with Crippen LogP contribution in [-0.2, 0) is 17.7 Å². The lowest BCUT2D eigenvalue weighted by Crippen LogP contribution is -2.40. The largest absolute Gasteiger partial charge is 0.444 e. The Hall–Kier alpha value is -1.82. The molecule has 3 rings (SSSR count). The van der Waals surface area contributed by atoms with Crippen LogP contribution < -0.4 is 5.32 Å². The van der Waals surface area contributed by atoms with E-state index in [1.807, 2.05) is 27.0 Å². The number of anilines is 1. The van der Waals surface area contributed by atoms with E-state index in [9.17, 15) is 4.79 Å². The number of nitrogens with one attached hydrogen (secondary N) is 1. The van der Waals surface area contributed by atoms with E-state index in [-0.39, 0.29) is 6.09 Å². The van der Waals surface area contributed by atoms with E-state index < -0.39 is 5.60 Å². The van der Waals surface area contributed by atoms with Crippen LogP contribution in [0.25, 0.3) is 0 Å². The Kier molecular flexibility index (Phi) is 5.18. The lowest BCUT2D eigenvalue weighted by Gasteiger charge is -2.32. The number of hydrogen-bond acceptors (Lipinski definition) is 5. The Labute approximate surface area is 150 Å². The van der Waals surface area contributed by atoms with Crippen molar-refractivity contribution in [2.75, 3.05) is 32.0 Å². The van der Waals surface area contributed by atoms with Gasteiger partial charge >= 0.3 is 6.09 Å². The molecule has 0 aromatic carbocycles. The highest BCUT2D eigenvalue weighted by Crippen LogP contribution is 2.23. The first-order valence-electron chi connectivity index (χ1n) is 9.21. The van der Waals surface area contributed by atoms with Crippen LogP contribution in [-0.4, -0.2) is 59.2 Å². The zero-order valence-electron chi connectivity index (χ0n) is 15.8. The van der Waals surface area contributed by atoms with Crippen molar-refractivity contribution >= 4 is 11.8 Å². The number of rotatable bonds is 2. The summed E-state index contributed by atoms with van der Waals surface area (Å²) in [7, 11) is 2.17. The van der Waals surface area contributed by atoms with Crippen LogP contribution in [0.2, 0.25) is 0 Å². The van der Waals surface area contributed by atoms with Crippen molar-refractivity contribution in [1.29, 1.82) is 0 Å². The van der Waals surface area contributed by atoms with Crippen molar-refractivity contribution in [2.24, 2.45) is 0 Å². The second-order valence-corrected chi connectivity index (χ2v) is 8.20. The molecule has 0 atom stereocenters. The third-order valence-corrected chi connectivity index (χ3v) is 4.78. The van der Waals surface area contributed by atoms with Crippen molar-refractivity contribution in [3.05, 3.63) is 23.5 Å². The van der Waals surface area contributed by atoms with Crippen molar-refractivity contribution in [2.45, 2.75) is 58.2 Å². The quantitative estimate of drug-likeness (QED) is 0.892. The molecule has 1 N–H and O–H groups in total. The fraction of sp³-hybridized carbons (Fsp3) is 0.684. The number of fused-ring (bicyclic) bond motifs is 1. The van der Waals surface area contributed by atoms with E-state index in [2.05, 4.69) is 28.3 Å². The van der Waals surface area contributed by atoms with Gasteiger partial charge in [-0.25, -0.2) is 4.79 Å². The van der Waals surface area contributed by atoms with Crippen LogP contribution in [0.15, 0.2) is 12.3 Å². The molecular formula is C19H30N4O2. The molecule has 1 aromatic rings. The van der Waals surface area contributed by atoms with E-state index in [0.29, 0.717) is 19.1 Å². The maximum atomic E-state index is 12.3. The summed E-state index contributed by atoms with van der Waals surface area (Å²) in [5.74, 6) is 0. The van der Waals surface area contributed by atoms with Gasteiger partial charge < -0.3 is 19.9 Å². The summed E-state index contributed by atoms with van der Waals surface area (Å²) in [6.45, 7) is 9.18. The molecule has 25 heavy (non-hydrogen) atoms. The lowest BCUT2D eigenvalue weighted by atomic mass is 10.0. The highest BCUT2D eigenvalue weighted by atomic mass is 16.6. The van der Waals surface area contributed by atoms with Gasteiger partial charge in [0.15, 0.2) is 0 Å². The zero-order valence-corrected chi connectivity index (χ0v) is 15.8. The number of ether oxygens (including phenoxy) is 1. The topological polar surface area (TPSA) is 57.7 Å². The lowest BCUT2D eigenvalue weighted by molar-refractivity contribution is 0.0223. The number of aromatic nitrogens is 1. The highest BCUT2D eigenvalue weighted by Gasteiger charge is 2.26. The molecule has 1 aromatic heterocycles. The Morgan fingerprint density at radius 3 is 2.68 bits per heavy atom. The van der Waals surface area contributed by atoms with Gasteiger partial charge in [0.2, 0.25) is 0 Å². The summed E-state index contributed by atoms with van der Waals surface area (Å²) in [5, 5.41) is 3.61. The second-order valence-electron chi connectivity index (χ2n) is 8.20. The van der Waals surface area contributed by atoms with Crippen LogP contribution in [0.5, 0.6) is 0 Å². The van der Waals surface area contributed by atoms with Gasteiger partial charge in [0.25, 0.3) is 0 Å². The maximum Gasteiger partial charge on any atom is 0.410 e. The maximum absolute atomic E-state index is 12.3. The Bertz CT molecular complexity index is 618. The standard InChI is InChI=1S/C19H30N4O2/c1-19(2,3)25-18(24)23-10-7-17-14(13-23)11-16(12-20-17)21-15-5-8-22(4)9-6-15/h11-12,15,21H,5-10,13H2,1-4H3. The van der Waals surface area contributed by atoms with Crippen LogP contribution in [0.4, 0.5) is 10.5 Å². The summed E-state index contributed by atoms with van der Waals surface area (Å²) >= 11 is 0. The average Bonchev–Trinajstić information content (AvgIpc) is 2.55. The van der Waals surface area contributed by atoms with Gasteiger partial charge in [-0.15, -0.1) is 0 Å². The number of pyridine rings is 1. The van der Waals surface area contributed by atoms with E-state index in [0.717, 1.165) is 49.3 Å². The molecule has 0 spiro atoms. The molecule has 6 heteroatoms. The molecule has 0 saturated carbocycles. The van der Waals surface area contributed by atoms with E-state index in [1.165, 1.54) is 0 Å².